The third-order valence-corrected chi connectivity index (χ3v) is 3.66. The van der Waals surface area contributed by atoms with Crippen molar-refractivity contribution in [3.63, 3.8) is 0 Å². The lowest BCUT2D eigenvalue weighted by Crippen LogP contribution is -2.13. The molecule has 11 nitrogen and oxygen atoms in total. The first-order chi connectivity index (χ1) is 13.0. The van der Waals surface area contributed by atoms with Gasteiger partial charge >= 0.3 is 5.97 Å². The summed E-state index contributed by atoms with van der Waals surface area (Å²) in [6.45, 7) is 4.44. The maximum absolute atomic E-state index is 12.4. The van der Waals surface area contributed by atoms with Crippen LogP contribution in [-0.2, 0) is 17.9 Å². The van der Waals surface area contributed by atoms with Crippen molar-refractivity contribution < 1.29 is 23.9 Å². The number of nitro benzene ring substituents is 1. The fraction of sp³-hybridized carbons (Fsp3) is 0.500. The summed E-state index contributed by atoms with van der Waals surface area (Å²) in [5, 5.41) is 22.6. The summed E-state index contributed by atoms with van der Waals surface area (Å²) in [5.41, 5.74) is -0.678. The molecule has 11 heteroatoms. The third kappa shape index (κ3) is 4.90. The van der Waals surface area contributed by atoms with Crippen molar-refractivity contribution in [2.45, 2.75) is 39.8 Å². The Labute approximate surface area is 155 Å². The molecule has 1 heterocycles. The molecule has 0 spiro atoms. The van der Waals surface area contributed by atoms with Gasteiger partial charge in [-0.05, 0) is 23.8 Å². The molecule has 2 rings (SSSR count). The highest BCUT2D eigenvalue weighted by Crippen LogP contribution is 2.35. The number of benzene rings is 1. The number of aromatic nitrogens is 4. The summed E-state index contributed by atoms with van der Waals surface area (Å²) in [7, 11) is 1.38. The van der Waals surface area contributed by atoms with Gasteiger partial charge in [-0.1, -0.05) is 13.3 Å². The van der Waals surface area contributed by atoms with Gasteiger partial charge in [-0.3, -0.25) is 10.1 Å². The number of nitrogens with zero attached hydrogens (tertiary/aromatic N) is 5. The average Bonchev–Trinajstić information content (AvgIpc) is 3.11. The Hall–Kier alpha value is -3.24. The number of unbranched alkanes of at least 4 members (excludes halogenated alkanes) is 1. The van der Waals surface area contributed by atoms with Crippen molar-refractivity contribution in [3.05, 3.63) is 33.6 Å². The smallest absolute Gasteiger partial charge is 0.345 e. The molecule has 1 aromatic heterocycles. The summed E-state index contributed by atoms with van der Waals surface area (Å²) in [5.74, 6) is -0.153. The maximum atomic E-state index is 12.4. The van der Waals surface area contributed by atoms with Gasteiger partial charge in [0.1, 0.15) is 5.56 Å². The van der Waals surface area contributed by atoms with E-state index in [0.29, 0.717) is 12.4 Å². The highest BCUT2D eigenvalue weighted by molar-refractivity contribution is 5.95. The average molecular weight is 379 g/mol. The zero-order valence-corrected chi connectivity index (χ0v) is 15.4. The number of tetrazole rings is 1. The van der Waals surface area contributed by atoms with Crippen LogP contribution in [0.3, 0.4) is 0 Å². The Morgan fingerprint density at radius 3 is 2.70 bits per heavy atom. The lowest BCUT2D eigenvalue weighted by molar-refractivity contribution is -0.385. The van der Waals surface area contributed by atoms with Crippen LogP contribution in [0.5, 0.6) is 11.5 Å². The SMILES string of the molecule is CCCCn1nnnc1COC(=O)c1cc(OC)c(OCC)cc1[N+](=O)[O-]. The van der Waals surface area contributed by atoms with Gasteiger partial charge in [0.25, 0.3) is 5.69 Å². The lowest BCUT2D eigenvalue weighted by atomic mass is 10.1. The van der Waals surface area contributed by atoms with E-state index in [4.69, 9.17) is 14.2 Å². The van der Waals surface area contributed by atoms with Gasteiger partial charge in [0.2, 0.25) is 0 Å². The van der Waals surface area contributed by atoms with Crippen LogP contribution in [0, 0.1) is 10.1 Å². The number of ether oxygens (including phenoxy) is 3. The van der Waals surface area contributed by atoms with Crippen LogP contribution in [0.2, 0.25) is 0 Å². The van der Waals surface area contributed by atoms with E-state index < -0.39 is 16.6 Å². The predicted octanol–water partition coefficient (Wildman–Crippen LogP) is 2.15. The summed E-state index contributed by atoms with van der Waals surface area (Å²) in [6.07, 6.45) is 1.82. The normalized spacial score (nSPS) is 10.5. The van der Waals surface area contributed by atoms with E-state index in [1.54, 1.807) is 6.92 Å². The Kier molecular flexibility index (Phi) is 7.03. The van der Waals surface area contributed by atoms with Gasteiger partial charge in [-0.2, -0.15) is 0 Å². The molecule has 1 aromatic carbocycles. The third-order valence-electron chi connectivity index (χ3n) is 3.66. The fourth-order valence-corrected chi connectivity index (χ4v) is 2.31. The molecule has 0 aliphatic carbocycles. The molecule has 27 heavy (non-hydrogen) atoms. The molecular formula is C16H21N5O6. The first kappa shape index (κ1) is 20.1. The number of hydrogen-bond donors (Lipinski definition) is 0. The van der Waals surface area contributed by atoms with Crippen molar-refractivity contribution in [2.24, 2.45) is 0 Å². The molecule has 0 radical (unpaired) electrons. The summed E-state index contributed by atoms with van der Waals surface area (Å²) < 4.78 is 17.2. The molecule has 0 saturated carbocycles. The molecular weight excluding hydrogens is 358 g/mol. The van der Waals surface area contributed by atoms with Crippen LogP contribution in [-0.4, -0.2) is 44.8 Å². The topological polar surface area (TPSA) is 132 Å². The summed E-state index contributed by atoms with van der Waals surface area (Å²) in [4.78, 5) is 23.1. The molecule has 2 aromatic rings. The van der Waals surface area contributed by atoms with Crippen LogP contribution in [0.15, 0.2) is 12.1 Å². The van der Waals surface area contributed by atoms with Crippen LogP contribution in [0.4, 0.5) is 5.69 Å². The van der Waals surface area contributed by atoms with Crippen LogP contribution >= 0.6 is 0 Å². The molecule has 0 unspecified atom stereocenters. The molecule has 0 aliphatic rings. The van der Waals surface area contributed by atoms with Crippen LogP contribution < -0.4 is 9.47 Å². The van der Waals surface area contributed by atoms with Crippen LogP contribution in [0.25, 0.3) is 0 Å². The minimum Gasteiger partial charge on any atom is -0.493 e. The molecule has 0 amide bonds. The summed E-state index contributed by atoms with van der Waals surface area (Å²) in [6, 6.07) is 2.37. The Morgan fingerprint density at radius 1 is 1.30 bits per heavy atom. The van der Waals surface area contributed by atoms with E-state index in [-0.39, 0.29) is 30.3 Å². The predicted molar refractivity (Wildman–Crippen MR) is 92.7 cm³/mol. The first-order valence-electron chi connectivity index (χ1n) is 8.43. The quantitative estimate of drug-likeness (QED) is 0.346. The lowest BCUT2D eigenvalue weighted by Gasteiger charge is -2.11. The molecule has 0 atom stereocenters. The minimum absolute atomic E-state index is 0.173. The zero-order chi connectivity index (χ0) is 19.8. The zero-order valence-electron chi connectivity index (χ0n) is 15.4. The molecule has 0 saturated heterocycles. The van der Waals surface area contributed by atoms with Crippen molar-refractivity contribution in [1.29, 1.82) is 0 Å². The van der Waals surface area contributed by atoms with E-state index in [9.17, 15) is 14.9 Å². The van der Waals surface area contributed by atoms with Gasteiger partial charge in [-0.15, -0.1) is 5.10 Å². The van der Waals surface area contributed by atoms with E-state index in [1.807, 2.05) is 6.92 Å². The van der Waals surface area contributed by atoms with Crippen molar-refractivity contribution in [3.8, 4) is 11.5 Å². The van der Waals surface area contributed by atoms with Crippen LogP contribution in [0.1, 0.15) is 42.9 Å². The monoisotopic (exact) mass is 379 g/mol. The molecule has 0 bridgehead atoms. The van der Waals surface area contributed by atoms with Gasteiger partial charge in [0, 0.05) is 12.6 Å². The number of rotatable bonds is 10. The second-order valence-corrected chi connectivity index (χ2v) is 5.46. The molecule has 0 N–H and O–H groups in total. The molecule has 146 valence electrons. The number of esters is 1. The number of aryl methyl sites for hydroxylation is 1. The number of methoxy groups -OCH3 is 1. The number of carbonyl (C=O) groups is 1. The highest BCUT2D eigenvalue weighted by atomic mass is 16.6. The second kappa shape index (κ2) is 9.46. The van der Waals surface area contributed by atoms with Gasteiger partial charge in [0.15, 0.2) is 23.9 Å². The van der Waals surface area contributed by atoms with E-state index in [1.165, 1.54) is 17.9 Å². The molecule has 0 fully saturated rings. The van der Waals surface area contributed by atoms with Gasteiger partial charge < -0.3 is 14.2 Å². The number of nitro groups is 1. The standard InChI is InChI=1S/C16H21N5O6/c1-4-6-7-20-15(17-18-19-20)10-27-16(22)11-8-13(25-3)14(26-5-2)9-12(11)21(23)24/h8-9H,4-7,10H2,1-3H3. The Balaban J connectivity index is 2.22. The van der Waals surface area contributed by atoms with E-state index in [0.717, 1.165) is 18.9 Å². The van der Waals surface area contributed by atoms with Gasteiger partial charge in [-0.25, -0.2) is 9.48 Å². The Bertz CT molecular complexity index is 807. The summed E-state index contributed by atoms with van der Waals surface area (Å²) >= 11 is 0. The van der Waals surface area contributed by atoms with E-state index >= 15 is 0 Å². The van der Waals surface area contributed by atoms with E-state index in [2.05, 4.69) is 15.5 Å². The largest absolute Gasteiger partial charge is 0.493 e. The van der Waals surface area contributed by atoms with Gasteiger partial charge in [0.05, 0.1) is 24.7 Å². The second-order valence-electron chi connectivity index (χ2n) is 5.46. The number of carbonyl (C=O) groups excluding carboxylic acids is 1. The first-order valence-corrected chi connectivity index (χ1v) is 8.43. The van der Waals surface area contributed by atoms with Crippen molar-refractivity contribution >= 4 is 11.7 Å². The van der Waals surface area contributed by atoms with Crippen molar-refractivity contribution in [2.75, 3.05) is 13.7 Å². The number of hydrogen-bond acceptors (Lipinski definition) is 9. The fourth-order valence-electron chi connectivity index (χ4n) is 2.31. The van der Waals surface area contributed by atoms with Crippen molar-refractivity contribution in [1.82, 2.24) is 20.2 Å². The minimum atomic E-state index is -0.881. The maximum Gasteiger partial charge on any atom is 0.345 e. The Morgan fingerprint density at radius 2 is 2.07 bits per heavy atom. The molecule has 0 aliphatic heterocycles. The highest BCUT2D eigenvalue weighted by Gasteiger charge is 2.26.